The Labute approximate surface area is 199 Å². The van der Waals surface area contributed by atoms with Gasteiger partial charge in [-0.05, 0) is 19.1 Å². The molecule has 0 saturated carbocycles. The molecule has 0 fully saturated rings. The second-order valence-corrected chi connectivity index (χ2v) is 8.11. The number of benzene rings is 3. The summed E-state index contributed by atoms with van der Waals surface area (Å²) < 4.78 is 1.91. The van der Waals surface area contributed by atoms with Gasteiger partial charge >= 0.3 is 0 Å². The number of aromatic nitrogens is 3. The first-order chi connectivity index (χ1) is 16.5. The summed E-state index contributed by atoms with van der Waals surface area (Å²) in [6.45, 7) is 1.67. The summed E-state index contributed by atoms with van der Waals surface area (Å²) >= 11 is 1.24. The zero-order chi connectivity index (χ0) is 23.9. The summed E-state index contributed by atoms with van der Waals surface area (Å²) in [6, 6.07) is 25.5. The molecule has 34 heavy (non-hydrogen) atoms. The van der Waals surface area contributed by atoms with E-state index in [9.17, 15) is 14.9 Å². The molecule has 0 aliphatic carbocycles. The van der Waals surface area contributed by atoms with E-state index in [0.29, 0.717) is 22.3 Å². The third-order valence-electron chi connectivity index (χ3n) is 4.84. The van der Waals surface area contributed by atoms with E-state index in [2.05, 4.69) is 20.7 Å². The topological polar surface area (TPSA) is 115 Å². The lowest BCUT2D eigenvalue weighted by molar-refractivity contribution is -0.384. The molecule has 9 nitrogen and oxygen atoms in total. The van der Waals surface area contributed by atoms with Crippen LogP contribution in [0.5, 0.6) is 0 Å². The minimum absolute atomic E-state index is 0.0385. The van der Waals surface area contributed by atoms with Crippen molar-refractivity contribution in [3.63, 3.8) is 0 Å². The molecule has 4 rings (SSSR count). The fourth-order valence-corrected chi connectivity index (χ4v) is 3.91. The van der Waals surface area contributed by atoms with Crippen LogP contribution in [0.2, 0.25) is 0 Å². The Kier molecular flexibility index (Phi) is 7.09. The number of carbonyl (C=O) groups excluding carboxylic acids is 1. The highest BCUT2D eigenvalue weighted by molar-refractivity contribution is 7.99. The van der Waals surface area contributed by atoms with E-state index in [1.807, 2.05) is 65.2 Å². The van der Waals surface area contributed by atoms with Gasteiger partial charge in [0.1, 0.15) is 0 Å². The first kappa shape index (κ1) is 22.9. The lowest BCUT2D eigenvalue weighted by Gasteiger charge is -2.10. The minimum atomic E-state index is -0.474. The highest BCUT2D eigenvalue weighted by Gasteiger charge is 2.17. The summed E-state index contributed by atoms with van der Waals surface area (Å²) in [6.07, 6.45) is 0. The first-order valence-corrected chi connectivity index (χ1v) is 11.3. The summed E-state index contributed by atoms with van der Waals surface area (Å²) in [7, 11) is 0. The van der Waals surface area contributed by atoms with Crippen molar-refractivity contribution in [3.05, 3.63) is 101 Å². The average molecular weight is 473 g/mol. The summed E-state index contributed by atoms with van der Waals surface area (Å²) in [5, 5.41) is 24.3. The summed E-state index contributed by atoms with van der Waals surface area (Å²) in [4.78, 5) is 22.9. The molecule has 1 aromatic heterocycles. The molecule has 4 aromatic rings. The molecule has 0 radical (unpaired) electrons. The van der Waals surface area contributed by atoms with E-state index in [-0.39, 0.29) is 17.3 Å². The van der Waals surface area contributed by atoms with E-state index < -0.39 is 4.92 Å². The zero-order valence-corrected chi connectivity index (χ0v) is 19.0. The monoisotopic (exact) mass is 472 g/mol. The van der Waals surface area contributed by atoms with Crippen LogP contribution < -0.4 is 5.43 Å². The molecular formula is C24H20N6O3S. The number of nitrogens with one attached hydrogen (secondary N) is 1. The molecule has 0 saturated heterocycles. The van der Waals surface area contributed by atoms with E-state index in [4.69, 9.17) is 0 Å². The number of nitro benzene ring substituents is 1. The number of hydrazone groups is 1. The van der Waals surface area contributed by atoms with Crippen molar-refractivity contribution in [3.8, 4) is 17.1 Å². The van der Waals surface area contributed by atoms with Crippen LogP contribution in [0.1, 0.15) is 12.5 Å². The third kappa shape index (κ3) is 5.36. The Morgan fingerprint density at radius 1 is 1.03 bits per heavy atom. The number of hydrogen-bond donors (Lipinski definition) is 1. The lowest BCUT2D eigenvalue weighted by Crippen LogP contribution is -2.21. The van der Waals surface area contributed by atoms with Gasteiger partial charge in [-0.25, -0.2) is 5.43 Å². The number of amides is 1. The number of rotatable bonds is 8. The maximum atomic E-state index is 12.4. The van der Waals surface area contributed by atoms with Crippen molar-refractivity contribution in [2.75, 3.05) is 5.75 Å². The van der Waals surface area contributed by atoms with Crippen LogP contribution in [0.25, 0.3) is 17.1 Å². The predicted octanol–water partition coefficient (Wildman–Crippen LogP) is 4.48. The highest BCUT2D eigenvalue weighted by Crippen LogP contribution is 2.27. The first-order valence-electron chi connectivity index (χ1n) is 10.3. The van der Waals surface area contributed by atoms with E-state index >= 15 is 0 Å². The zero-order valence-electron chi connectivity index (χ0n) is 18.2. The fraction of sp³-hybridized carbons (Fsp3) is 0.0833. The summed E-state index contributed by atoms with van der Waals surface area (Å²) in [5.41, 5.74) is 5.27. The van der Waals surface area contributed by atoms with Crippen LogP contribution in [0, 0.1) is 10.1 Å². The Balaban J connectivity index is 1.49. The molecule has 0 spiro atoms. The van der Waals surface area contributed by atoms with Crippen LogP contribution in [-0.2, 0) is 4.79 Å². The van der Waals surface area contributed by atoms with Gasteiger partial charge in [0.05, 0.1) is 16.4 Å². The predicted molar refractivity (Wildman–Crippen MR) is 131 cm³/mol. The van der Waals surface area contributed by atoms with Crippen LogP contribution in [0.15, 0.2) is 95.2 Å². The van der Waals surface area contributed by atoms with E-state index in [1.54, 1.807) is 19.1 Å². The van der Waals surface area contributed by atoms with Gasteiger partial charge in [-0.2, -0.15) is 5.10 Å². The number of non-ortho nitro benzene ring substituents is 1. The number of hydrogen-bond acceptors (Lipinski definition) is 7. The van der Waals surface area contributed by atoms with Gasteiger partial charge in [0.15, 0.2) is 11.0 Å². The molecule has 1 amide bonds. The van der Waals surface area contributed by atoms with Crippen LogP contribution >= 0.6 is 11.8 Å². The van der Waals surface area contributed by atoms with Gasteiger partial charge in [-0.15, -0.1) is 10.2 Å². The largest absolute Gasteiger partial charge is 0.272 e. The van der Waals surface area contributed by atoms with Gasteiger partial charge in [-0.1, -0.05) is 72.4 Å². The standard InChI is InChI=1S/C24H20N6O3S/c1-17(19-11-8-14-21(15-19)30(32)33)25-26-22(31)16-34-24-28-27-23(18-9-4-2-5-10-18)29(24)20-12-6-3-7-13-20/h2-15H,16H2,1H3,(H,26,31). The van der Waals surface area contributed by atoms with Crippen LogP contribution in [-0.4, -0.2) is 37.1 Å². The fourth-order valence-electron chi connectivity index (χ4n) is 3.17. The molecule has 0 aliphatic heterocycles. The molecule has 3 aromatic carbocycles. The normalized spacial score (nSPS) is 11.3. The third-order valence-corrected chi connectivity index (χ3v) is 5.76. The second-order valence-electron chi connectivity index (χ2n) is 7.17. The molecule has 0 bridgehead atoms. The Bertz CT molecular complexity index is 1340. The SMILES string of the molecule is CC(=NNC(=O)CSc1nnc(-c2ccccc2)n1-c1ccccc1)c1cccc([N+](=O)[O-])c1. The van der Waals surface area contributed by atoms with Crippen molar-refractivity contribution in [1.29, 1.82) is 0 Å². The molecule has 0 atom stereocenters. The molecule has 10 heteroatoms. The molecule has 0 unspecified atom stereocenters. The summed E-state index contributed by atoms with van der Waals surface area (Å²) in [5.74, 6) is 0.402. The Morgan fingerprint density at radius 3 is 2.44 bits per heavy atom. The molecule has 170 valence electrons. The minimum Gasteiger partial charge on any atom is -0.272 e. The Hall–Kier alpha value is -4.31. The Morgan fingerprint density at radius 2 is 1.74 bits per heavy atom. The highest BCUT2D eigenvalue weighted by atomic mass is 32.2. The number of nitro groups is 1. The number of carbonyl (C=O) groups is 1. The van der Waals surface area contributed by atoms with Gasteiger partial charge in [0.25, 0.3) is 11.6 Å². The quantitative estimate of drug-likeness (QED) is 0.175. The van der Waals surface area contributed by atoms with Gasteiger partial charge < -0.3 is 0 Å². The number of nitrogens with zero attached hydrogens (tertiary/aromatic N) is 5. The molecule has 1 N–H and O–H groups in total. The van der Waals surface area contributed by atoms with Gasteiger partial charge in [0, 0.05) is 28.9 Å². The molecule has 1 heterocycles. The van der Waals surface area contributed by atoms with Gasteiger partial charge in [-0.3, -0.25) is 19.5 Å². The van der Waals surface area contributed by atoms with Crippen molar-refractivity contribution in [1.82, 2.24) is 20.2 Å². The maximum absolute atomic E-state index is 12.4. The molecule has 0 aliphatic rings. The van der Waals surface area contributed by atoms with Gasteiger partial charge in [0.2, 0.25) is 0 Å². The van der Waals surface area contributed by atoms with E-state index in [0.717, 1.165) is 11.3 Å². The second kappa shape index (κ2) is 10.5. The molecular weight excluding hydrogens is 452 g/mol. The van der Waals surface area contributed by atoms with Crippen molar-refractivity contribution >= 4 is 29.1 Å². The van der Waals surface area contributed by atoms with Crippen LogP contribution in [0.4, 0.5) is 5.69 Å². The average Bonchev–Trinajstić information content (AvgIpc) is 3.31. The maximum Gasteiger partial charge on any atom is 0.270 e. The van der Waals surface area contributed by atoms with Crippen molar-refractivity contribution in [2.24, 2.45) is 5.10 Å². The van der Waals surface area contributed by atoms with Crippen molar-refractivity contribution in [2.45, 2.75) is 12.1 Å². The lowest BCUT2D eigenvalue weighted by atomic mass is 10.1. The van der Waals surface area contributed by atoms with Crippen molar-refractivity contribution < 1.29 is 9.72 Å². The number of para-hydroxylation sites is 1. The van der Waals surface area contributed by atoms with Crippen LogP contribution in [0.3, 0.4) is 0 Å². The van der Waals surface area contributed by atoms with E-state index in [1.165, 1.54) is 23.9 Å². The smallest absolute Gasteiger partial charge is 0.270 e. The number of thioether (sulfide) groups is 1.